The van der Waals surface area contributed by atoms with E-state index < -0.39 is 34.2 Å². The van der Waals surface area contributed by atoms with E-state index in [0.29, 0.717) is 11.3 Å². The minimum atomic E-state index is -1.47. The Balaban J connectivity index is 2.10. The van der Waals surface area contributed by atoms with Crippen LogP contribution in [0.1, 0.15) is 31.7 Å². The van der Waals surface area contributed by atoms with Crippen LogP contribution in [0, 0.1) is 22.0 Å². The number of benzene rings is 1. The van der Waals surface area contributed by atoms with Gasteiger partial charge in [-0.15, -0.1) is 0 Å². The van der Waals surface area contributed by atoms with Crippen LogP contribution in [0.15, 0.2) is 29.4 Å². The molecule has 1 aromatic rings. The van der Waals surface area contributed by atoms with Crippen LogP contribution in [0.2, 0.25) is 0 Å². The summed E-state index contributed by atoms with van der Waals surface area (Å²) in [4.78, 5) is 35.3. The van der Waals surface area contributed by atoms with Gasteiger partial charge in [0.05, 0.1) is 34.7 Å². The maximum atomic E-state index is 12.6. The molecule has 138 valence electrons. The summed E-state index contributed by atoms with van der Waals surface area (Å²) in [6, 6.07) is 5.62. The summed E-state index contributed by atoms with van der Waals surface area (Å²) >= 11 is 0. The van der Waals surface area contributed by atoms with Gasteiger partial charge in [0.2, 0.25) is 5.91 Å². The average molecular weight is 361 g/mol. The molecule has 0 spiro atoms. The van der Waals surface area contributed by atoms with Gasteiger partial charge in [0.1, 0.15) is 0 Å². The number of hydrazone groups is 1. The fourth-order valence-corrected chi connectivity index (χ4v) is 3.83. The molecule has 1 amide bonds. The van der Waals surface area contributed by atoms with E-state index in [0.717, 1.165) is 0 Å². The molecule has 3 rings (SSSR count). The molecule has 1 fully saturated rings. The lowest BCUT2D eigenvalue weighted by atomic mass is 9.61. The summed E-state index contributed by atoms with van der Waals surface area (Å²) in [5.41, 5.74) is 1.82. The highest BCUT2D eigenvalue weighted by atomic mass is 16.6. The number of non-ortho nitro benzene ring substituents is 1. The van der Waals surface area contributed by atoms with Gasteiger partial charge >= 0.3 is 5.97 Å². The van der Waals surface area contributed by atoms with Crippen LogP contribution < -0.4 is 5.43 Å². The summed E-state index contributed by atoms with van der Waals surface area (Å²) in [6.45, 7) is 3.30. The minimum Gasteiger partial charge on any atom is -0.466 e. The van der Waals surface area contributed by atoms with Crippen molar-refractivity contribution in [1.29, 1.82) is 0 Å². The van der Waals surface area contributed by atoms with Crippen molar-refractivity contribution < 1.29 is 24.4 Å². The first-order valence-electron chi connectivity index (χ1n) is 8.26. The molecule has 1 aliphatic carbocycles. The third-order valence-corrected chi connectivity index (χ3v) is 4.91. The lowest BCUT2D eigenvalue weighted by molar-refractivity contribution is -0.384. The quantitative estimate of drug-likeness (QED) is 0.469. The molecule has 1 aromatic carbocycles. The summed E-state index contributed by atoms with van der Waals surface area (Å²) in [6.07, 6.45) is 0.0589. The second-order valence-corrected chi connectivity index (χ2v) is 6.69. The second-order valence-electron chi connectivity index (χ2n) is 6.69. The Morgan fingerprint density at radius 2 is 2.12 bits per heavy atom. The number of hydrogen-bond acceptors (Lipinski definition) is 7. The van der Waals surface area contributed by atoms with Gasteiger partial charge in [-0.05, 0) is 19.4 Å². The van der Waals surface area contributed by atoms with E-state index in [2.05, 4.69) is 10.5 Å². The van der Waals surface area contributed by atoms with Crippen LogP contribution in [0.25, 0.3) is 0 Å². The van der Waals surface area contributed by atoms with Crippen molar-refractivity contribution in [3.63, 3.8) is 0 Å². The van der Waals surface area contributed by atoms with Gasteiger partial charge in [-0.2, -0.15) is 5.10 Å². The summed E-state index contributed by atoms with van der Waals surface area (Å²) in [5.74, 6) is -3.45. The van der Waals surface area contributed by atoms with Crippen molar-refractivity contribution in [2.24, 2.45) is 16.9 Å². The van der Waals surface area contributed by atoms with E-state index in [1.54, 1.807) is 6.92 Å². The van der Waals surface area contributed by atoms with E-state index in [9.17, 15) is 24.8 Å². The molecule has 9 heteroatoms. The molecule has 4 atom stereocenters. The number of aliphatic hydroxyl groups is 1. The van der Waals surface area contributed by atoms with E-state index >= 15 is 0 Å². The van der Waals surface area contributed by atoms with Crippen molar-refractivity contribution in [2.45, 2.75) is 31.8 Å². The Bertz CT molecular complexity index is 786. The fourth-order valence-electron chi connectivity index (χ4n) is 3.83. The molecule has 1 saturated carbocycles. The fraction of sp³-hybridized carbons (Fsp3) is 0.471. The number of rotatable bonds is 4. The van der Waals surface area contributed by atoms with Crippen LogP contribution in [0.4, 0.5) is 5.69 Å². The van der Waals surface area contributed by atoms with Crippen molar-refractivity contribution >= 4 is 23.3 Å². The lowest BCUT2D eigenvalue weighted by Crippen LogP contribution is -2.54. The summed E-state index contributed by atoms with van der Waals surface area (Å²) < 4.78 is 5.14. The van der Waals surface area contributed by atoms with Crippen LogP contribution in [0.3, 0.4) is 0 Å². The van der Waals surface area contributed by atoms with Crippen LogP contribution in [-0.2, 0) is 14.3 Å². The van der Waals surface area contributed by atoms with Gasteiger partial charge in [0.15, 0.2) is 0 Å². The number of nitrogens with one attached hydrogen (secondary N) is 1. The normalized spacial score (nSPS) is 30.2. The van der Waals surface area contributed by atoms with E-state index in [1.165, 1.54) is 31.2 Å². The number of amides is 1. The number of nitro groups is 1. The maximum absolute atomic E-state index is 12.6. The highest BCUT2D eigenvalue weighted by Gasteiger charge is 2.57. The third-order valence-electron chi connectivity index (χ3n) is 4.91. The molecule has 1 aliphatic heterocycles. The zero-order valence-corrected chi connectivity index (χ0v) is 14.3. The van der Waals surface area contributed by atoms with Crippen molar-refractivity contribution in [2.75, 3.05) is 6.61 Å². The predicted octanol–water partition coefficient (Wildman–Crippen LogP) is 1.11. The molecule has 0 radical (unpaired) electrons. The number of carbonyl (C=O) groups excluding carboxylic acids is 2. The first-order chi connectivity index (χ1) is 12.3. The number of carbonyl (C=O) groups is 2. The zero-order chi connectivity index (χ0) is 19.1. The molecule has 1 heterocycles. The van der Waals surface area contributed by atoms with Gasteiger partial charge in [-0.1, -0.05) is 12.1 Å². The smallest absolute Gasteiger partial charge is 0.312 e. The largest absolute Gasteiger partial charge is 0.466 e. The molecule has 0 saturated heterocycles. The molecule has 0 bridgehead atoms. The monoisotopic (exact) mass is 361 g/mol. The first kappa shape index (κ1) is 18.0. The van der Waals surface area contributed by atoms with Gasteiger partial charge in [0, 0.05) is 24.5 Å². The van der Waals surface area contributed by atoms with E-state index in [4.69, 9.17) is 4.74 Å². The zero-order valence-electron chi connectivity index (χ0n) is 14.3. The molecular weight excluding hydrogens is 342 g/mol. The topological polar surface area (TPSA) is 131 Å². The average Bonchev–Trinajstić information content (AvgIpc) is 2.93. The molecule has 9 nitrogen and oxygen atoms in total. The molecule has 0 unspecified atom stereocenters. The number of fused-ring (bicyclic) bond motifs is 1. The highest BCUT2D eigenvalue weighted by Crippen LogP contribution is 2.47. The molecule has 2 aliphatic rings. The molecular formula is C17H19N3O6. The molecule has 26 heavy (non-hydrogen) atoms. The Morgan fingerprint density at radius 3 is 2.69 bits per heavy atom. The Morgan fingerprint density at radius 1 is 1.46 bits per heavy atom. The number of ether oxygens (including phenoxy) is 1. The summed E-state index contributed by atoms with van der Waals surface area (Å²) in [7, 11) is 0. The Kier molecular flexibility index (Phi) is 4.49. The number of hydrogen-bond donors (Lipinski definition) is 2. The second kappa shape index (κ2) is 6.49. The van der Waals surface area contributed by atoms with E-state index in [1.807, 2.05) is 0 Å². The number of nitrogens with zero attached hydrogens (tertiary/aromatic N) is 2. The van der Waals surface area contributed by atoms with Gasteiger partial charge in [0.25, 0.3) is 5.69 Å². The molecule has 2 N–H and O–H groups in total. The number of esters is 1. The minimum absolute atomic E-state index is 0.0589. The lowest BCUT2D eigenvalue weighted by Gasteiger charge is -2.43. The first-order valence-corrected chi connectivity index (χ1v) is 8.26. The van der Waals surface area contributed by atoms with Gasteiger partial charge in [-0.25, -0.2) is 5.43 Å². The molecule has 0 aromatic heterocycles. The standard InChI is InChI=1S/C17H19N3O6/c1-3-26-16(22)14-12(9-4-6-10(7-5-9)20(24)25)13-11(8-17(14,2)23)18-19-15(13)21/h4-7,12-14,23H,3,8H2,1-2H3,(H,19,21)/t12-,13-,14-,17-/m1/s1. The number of nitro benzene ring substituents is 1. The van der Waals surface area contributed by atoms with Crippen molar-refractivity contribution in [3.05, 3.63) is 39.9 Å². The predicted molar refractivity (Wildman–Crippen MR) is 90.3 cm³/mol. The van der Waals surface area contributed by atoms with Gasteiger partial charge in [-0.3, -0.25) is 19.7 Å². The van der Waals surface area contributed by atoms with Crippen LogP contribution in [-0.4, -0.2) is 39.8 Å². The highest BCUT2D eigenvalue weighted by molar-refractivity contribution is 6.10. The Labute approximate surface area is 149 Å². The van der Waals surface area contributed by atoms with Crippen LogP contribution >= 0.6 is 0 Å². The van der Waals surface area contributed by atoms with Gasteiger partial charge < -0.3 is 9.84 Å². The third kappa shape index (κ3) is 2.94. The van der Waals surface area contributed by atoms with Crippen LogP contribution in [0.5, 0.6) is 0 Å². The SMILES string of the molecule is CCOC(=O)[C@H]1[C@H](c2ccc([N+](=O)[O-])cc2)[C@@H]2C(=O)NN=C2C[C@@]1(C)O. The summed E-state index contributed by atoms with van der Waals surface area (Å²) in [5, 5.41) is 25.8. The maximum Gasteiger partial charge on any atom is 0.312 e. The van der Waals surface area contributed by atoms with Crippen molar-refractivity contribution in [3.8, 4) is 0 Å². The van der Waals surface area contributed by atoms with E-state index in [-0.39, 0.29) is 24.6 Å². The van der Waals surface area contributed by atoms with Crippen molar-refractivity contribution in [1.82, 2.24) is 5.43 Å². The Hall–Kier alpha value is -2.81.